The van der Waals surface area contributed by atoms with Gasteiger partial charge in [-0.3, -0.25) is 15.2 Å². The third kappa shape index (κ3) is 2.88. The number of nitrogens with one attached hydrogen (secondary N) is 1. The van der Waals surface area contributed by atoms with E-state index in [1.807, 2.05) is 0 Å². The number of hydrogen-bond acceptors (Lipinski definition) is 7. The summed E-state index contributed by atoms with van der Waals surface area (Å²) in [6.07, 6.45) is 1.30. The first-order valence-electron chi connectivity index (χ1n) is 5.02. The number of H-pyrrole nitrogens is 1. The SMILES string of the molecule is COC(=O)c1ccc(Sc2ncn[nH]2)c([N+](=O)[O-])c1. The van der Waals surface area contributed by atoms with Gasteiger partial charge >= 0.3 is 5.97 Å². The van der Waals surface area contributed by atoms with E-state index in [9.17, 15) is 14.9 Å². The summed E-state index contributed by atoms with van der Waals surface area (Å²) < 4.78 is 4.52. The summed E-state index contributed by atoms with van der Waals surface area (Å²) in [5.74, 6) is -0.626. The van der Waals surface area contributed by atoms with Crippen molar-refractivity contribution < 1.29 is 14.5 Å². The molecule has 2 aromatic rings. The summed E-state index contributed by atoms with van der Waals surface area (Å²) in [5, 5.41) is 17.7. The van der Waals surface area contributed by atoms with Crippen molar-refractivity contribution in [3.05, 3.63) is 40.2 Å². The quantitative estimate of drug-likeness (QED) is 0.515. The molecule has 1 N–H and O–H groups in total. The minimum Gasteiger partial charge on any atom is -0.465 e. The van der Waals surface area contributed by atoms with Gasteiger partial charge in [-0.25, -0.2) is 9.78 Å². The van der Waals surface area contributed by atoms with Crippen molar-refractivity contribution in [2.45, 2.75) is 10.1 Å². The summed E-state index contributed by atoms with van der Waals surface area (Å²) in [5.41, 5.74) is -0.0691. The van der Waals surface area contributed by atoms with E-state index in [0.29, 0.717) is 10.1 Å². The highest BCUT2D eigenvalue weighted by molar-refractivity contribution is 7.99. The van der Waals surface area contributed by atoms with Gasteiger partial charge in [-0.2, -0.15) is 5.10 Å². The number of nitrogens with zero attached hydrogens (tertiary/aromatic N) is 3. The predicted molar refractivity (Wildman–Crippen MR) is 64.9 cm³/mol. The lowest BCUT2D eigenvalue weighted by atomic mass is 10.2. The number of esters is 1. The van der Waals surface area contributed by atoms with Crippen LogP contribution in [0.25, 0.3) is 0 Å². The zero-order valence-electron chi connectivity index (χ0n) is 9.69. The van der Waals surface area contributed by atoms with E-state index in [0.717, 1.165) is 11.8 Å². The summed E-state index contributed by atoms with van der Waals surface area (Å²) >= 11 is 1.05. The van der Waals surface area contributed by atoms with Gasteiger partial charge in [0.25, 0.3) is 5.69 Å². The van der Waals surface area contributed by atoms with Gasteiger partial charge in [-0.15, -0.1) is 0 Å². The van der Waals surface area contributed by atoms with Crippen molar-refractivity contribution in [2.75, 3.05) is 7.11 Å². The Balaban J connectivity index is 2.38. The van der Waals surface area contributed by atoms with Crippen LogP contribution in [0.4, 0.5) is 5.69 Å². The number of nitro groups is 1. The zero-order chi connectivity index (χ0) is 13.8. The summed E-state index contributed by atoms with van der Waals surface area (Å²) in [6, 6.07) is 4.10. The molecular weight excluding hydrogens is 272 g/mol. The number of rotatable bonds is 4. The number of methoxy groups -OCH3 is 1. The number of carbonyl (C=O) groups is 1. The van der Waals surface area contributed by atoms with Crippen molar-refractivity contribution >= 4 is 23.4 Å². The number of benzene rings is 1. The topological polar surface area (TPSA) is 111 Å². The van der Waals surface area contributed by atoms with Gasteiger partial charge in [-0.1, -0.05) is 0 Å². The van der Waals surface area contributed by atoms with Crippen LogP contribution in [0.5, 0.6) is 0 Å². The average Bonchev–Trinajstić information content (AvgIpc) is 2.91. The number of hydrogen-bond donors (Lipinski definition) is 1. The first-order chi connectivity index (χ1) is 9.11. The van der Waals surface area contributed by atoms with Crippen molar-refractivity contribution in [1.82, 2.24) is 15.2 Å². The monoisotopic (exact) mass is 280 g/mol. The molecule has 0 saturated heterocycles. The average molecular weight is 280 g/mol. The molecule has 0 bridgehead atoms. The van der Waals surface area contributed by atoms with Crippen molar-refractivity contribution in [3.63, 3.8) is 0 Å². The van der Waals surface area contributed by atoms with Gasteiger partial charge in [0.05, 0.1) is 22.5 Å². The van der Waals surface area contributed by atoms with Crippen LogP contribution in [0, 0.1) is 10.1 Å². The normalized spacial score (nSPS) is 10.2. The minimum absolute atomic E-state index is 0.121. The molecule has 0 aliphatic carbocycles. The van der Waals surface area contributed by atoms with Gasteiger partial charge in [0.2, 0.25) is 0 Å². The number of aromatic nitrogens is 3. The van der Waals surface area contributed by atoms with Crippen LogP contribution >= 0.6 is 11.8 Å². The van der Waals surface area contributed by atoms with Crippen LogP contribution < -0.4 is 0 Å². The zero-order valence-corrected chi connectivity index (χ0v) is 10.5. The molecule has 1 aromatic heterocycles. The van der Waals surface area contributed by atoms with E-state index in [1.54, 1.807) is 0 Å². The number of nitro benzene ring substituents is 1. The van der Waals surface area contributed by atoms with Crippen molar-refractivity contribution in [1.29, 1.82) is 0 Å². The number of carbonyl (C=O) groups excluding carboxylic acids is 1. The van der Waals surface area contributed by atoms with Gasteiger partial charge in [0.1, 0.15) is 6.33 Å². The highest BCUT2D eigenvalue weighted by Gasteiger charge is 2.19. The van der Waals surface area contributed by atoms with Crippen LogP contribution in [-0.2, 0) is 4.74 Å². The molecule has 0 unspecified atom stereocenters. The molecule has 9 heteroatoms. The molecule has 0 spiro atoms. The first kappa shape index (κ1) is 13.0. The third-order valence-electron chi connectivity index (χ3n) is 2.18. The highest BCUT2D eigenvalue weighted by Crippen LogP contribution is 2.33. The lowest BCUT2D eigenvalue weighted by molar-refractivity contribution is -0.387. The molecule has 0 aliphatic rings. The van der Waals surface area contributed by atoms with Crippen LogP contribution in [0.15, 0.2) is 34.6 Å². The van der Waals surface area contributed by atoms with E-state index >= 15 is 0 Å². The second-order valence-electron chi connectivity index (χ2n) is 3.32. The fourth-order valence-electron chi connectivity index (χ4n) is 1.34. The molecule has 98 valence electrons. The smallest absolute Gasteiger partial charge is 0.338 e. The molecule has 8 nitrogen and oxygen atoms in total. The summed E-state index contributed by atoms with van der Waals surface area (Å²) in [4.78, 5) is 26.0. The molecule has 19 heavy (non-hydrogen) atoms. The molecule has 0 aliphatic heterocycles. The Morgan fingerprint density at radius 2 is 2.32 bits per heavy atom. The van der Waals surface area contributed by atoms with Crippen LogP contribution in [0.3, 0.4) is 0 Å². The standard InChI is InChI=1S/C10H8N4O4S/c1-18-9(15)6-2-3-8(7(4-6)14(16)17)19-10-11-5-12-13-10/h2-5H,1H3,(H,11,12,13). The van der Waals surface area contributed by atoms with E-state index in [1.165, 1.54) is 31.6 Å². The predicted octanol–water partition coefficient (Wildman–Crippen LogP) is 1.65. The lowest BCUT2D eigenvalue weighted by Gasteiger charge is -2.03. The largest absolute Gasteiger partial charge is 0.465 e. The molecule has 2 rings (SSSR count). The summed E-state index contributed by atoms with van der Waals surface area (Å²) in [7, 11) is 1.21. The van der Waals surface area contributed by atoms with E-state index < -0.39 is 10.9 Å². The Kier molecular flexibility index (Phi) is 3.76. The number of aromatic amines is 1. The highest BCUT2D eigenvalue weighted by atomic mass is 32.2. The van der Waals surface area contributed by atoms with Gasteiger partial charge in [0.15, 0.2) is 5.16 Å². The molecule has 1 aromatic carbocycles. The third-order valence-corrected chi connectivity index (χ3v) is 3.13. The van der Waals surface area contributed by atoms with Crippen LogP contribution in [0.2, 0.25) is 0 Å². The molecule has 0 atom stereocenters. The maximum absolute atomic E-state index is 11.3. The molecule has 0 radical (unpaired) electrons. The van der Waals surface area contributed by atoms with Gasteiger partial charge in [-0.05, 0) is 23.9 Å². The molecular formula is C10H8N4O4S. The van der Waals surface area contributed by atoms with E-state index in [2.05, 4.69) is 19.9 Å². The second-order valence-corrected chi connectivity index (χ2v) is 4.35. The molecule has 1 heterocycles. The summed E-state index contributed by atoms with van der Waals surface area (Å²) in [6.45, 7) is 0. The molecule has 0 saturated carbocycles. The number of ether oxygens (including phenoxy) is 1. The van der Waals surface area contributed by atoms with Gasteiger partial charge < -0.3 is 4.74 Å². The maximum atomic E-state index is 11.3. The Hall–Kier alpha value is -2.42. The fourth-order valence-corrected chi connectivity index (χ4v) is 2.12. The minimum atomic E-state index is -0.626. The fraction of sp³-hybridized carbons (Fsp3) is 0.100. The van der Waals surface area contributed by atoms with Gasteiger partial charge in [0, 0.05) is 6.07 Å². The van der Waals surface area contributed by atoms with E-state index in [-0.39, 0.29) is 11.3 Å². The Morgan fingerprint density at radius 3 is 2.89 bits per heavy atom. The van der Waals surface area contributed by atoms with Crippen molar-refractivity contribution in [3.8, 4) is 0 Å². The van der Waals surface area contributed by atoms with Crippen molar-refractivity contribution in [2.24, 2.45) is 0 Å². The Labute approximate surface area is 111 Å². The maximum Gasteiger partial charge on any atom is 0.338 e. The lowest BCUT2D eigenvalue weighted by Crippen LogP contribution is -2.02. The van der Waals surface area contributed by atoms with E-state index in [4.69, 9.17) is 0 Å². The first-order valence-corrected chi connectivity index (χ1v) is 5.83. The Bertz CT molecular complexity index is 614. The molecule has 0 fully saturated rings. The van der Waals surface area contributed by atoms with Crippen LogP contribution in [0.1, 0.15) is 10.4 Å². The Morgan fingerprint density at radius 1 is 1.53 bits per heavy atom. The second kappa shape index (κ2) is 5.48. The molecule has 0 amide bonds. The van der Waals surface area contributed by atoms with Crippen LogP contribution in [-0.4, -0.2) is 33.2 Å².